The number of nitrogens with zero attached hydrogens (tertiary/aromatic N) is 1. The fourth-order valence-electron chi connectivity index (χ4n) is 2.69. The van der Waals surface area contributed by atoms with Gasteiger partial charge >= 0.3 is 11.9 Å². The van der Waals surface area contributed by atoms with Gasteiger partial charge in [0.25, 0.3) is 5.91 Å². The molecule has 1 aromatic carbocycles. The minimum Gasteiger partial charge on any atom is -0.493 e. The second-order valence-electron chi connectivity index (χ2n) is 7.05. The lowest BCUT2D eigenvalue weighted by atomic mass is 10.2. The maximum Gasteiger partial charge on any atom is 0.328 e. The van der Waals surface area contributed by atoms with Crippen molar-refractivity contribution in [1.82, 2.24) is 10.3 Å². The van der Waals surface area contributed by atoms with Gasteiger partial charge in [-0.05, 0) is 19.4 Å². The molecule has 0 radical (unpaired) electrons. The third-order valence-electron chi connectivity index (χ3n) is 4.35. The molecule has 2 aromatic rings. The molecule has 9 nitrogen and oxygen atoms in total. The third kappa shape index (κ3) is 7.66. The molecule has 32 heavy (non-hydrogen) atoms. The summed E-state index contributed by atoms with van der Waals surface area (Å²) in [6.07, 6.45) is 1.44. The second kappa shape index (κ2) is 12.4. The quantitative estimate of drug-likeness (QED) is 0.416. The smallest absolute Gasteiger partial charge is 0.328 e. The lowest BCUT2D eigenvalue weighted by Gasteiger charge is -2.18. The Hall–Kier alpha value is -3.46. The molecule has 0 bridgehead atoms. The third-order valence-corrected chi connectivity index (χ3v) is 4.35. The molecule has 2 atom stereocenters. The van der Waals surface area contributed by atoms with Crippen LogP contribution in [0.4, 0.5) is 0 Å². The summed E-state index contributed by atoms with van der Waals surface area (Å²) in [5.74, 6) is -1.90. The Morgan fingerprint density at radius 1 is 1.09 bits per heavy atom. The number of pyridine rings is 1. The van der Waals surface area contributed by atoms with Gasteiger partial charge in [0.1, 0.15) is 12.1 Å². The van der Waals surface area contributed by atoms with Gasteiger partial charge in [0.05, 0.1) is 20.3 Å². The molecule has 0 spiro atoms. The van der Waals surface area contributed by atoms with E-state index >= 15 is 0 Å². The molecule has 1 aromatic heterocycles. The summed E-state index contributed by atoms with van der Waals surface area (Å²) < 4.78 is 21.2. The van der Waals surface area contributed by atoms with Crippen LogP contribution in [0.3, 0.4) is 0 Å². The predicted octanol–water partition coefficient (Wildman–Crippen LogP) is 2.67. The summed E-state index contributed by atoms with van der Waals surface area (Å²) >= 11 is 0. The number of ether oxygens (including phenoxy) is 4. The molecule has 0 saturated heterocycles. The largest absolute Gasteiger partial charge is 0.493 e. The van der Waals surface area contributed by atoms with E-state index in [1.54, 1.807) is 6.92 Å². The van der Waals surface area contributed by atoms with Gasteiger partial charge in [0.2, 0.25) is 5.75 Å². The van der Waals surface area contributed by atoms with Crippen LogP contribution in [-0.4, -0.2) is 48.7 Å². The fourth-order valence-corrected chi connectivity index (χ4v) is 2.69. The molecule has 0 aliphatic heterocycles. The normalized spacial score (nSPS) is 12.4. The number of hydrogen-bond donors (Lipinski definition) is 1. The number of hydrogen-bond acceptors (Lipinski definition) is 8. The SMILES string of the molecule is COc1ccnc(C(=O)N[C@@H](C)C(=O)O[C@@H](C)CCOCc2ccccc2)c1OC(C)=O. The maximum atomic E-state index is 12.6. The highest BCUT2D eigenvalue weighted by Gasteiger charge is 2.25. The first kappa shape index (κ1) is 24.8. The van der Waals surface area contributed by atoms with Crippen molar-refractivity contribution in [2.75, 3.05) is 13.7 Å². The van der Waals surface area contributed by atoms with E-state index in [0.717, 1.165) is 5.56 Å². The van der Waals surface area contributed by atoms with E-state index in [-0.39, 0.29) is 17.2 Å². The lowest BCUT2D eigenvalue weighted by Crippen LogP contribution is -2.41. The van der Waals surface area contributed by atoms with Gasteiger partial charge in [-0.25, -0.2) is 9.78 Å². The molecule has 0 unspecified atom stereocenters. The number of methoxy groups -OCH3 is 1. The number of esters is 2. The number of amides is 1. The summed E-state index contributed by atoms with van der Waals surface area (Å²) in [5, 5.41) is 2.50. The summed E-state index contributed by atoms with van der Waals surface area (Å²) in [7, 11) is 1.37. The predicted molar refractivity (Wildman–Crippen MR) is 115 cm³/mol. The van der Waals surface area contributed by atoms with E-state index in [9.17, 15) is 14.4 Å². The van der Waals surface area contributed by atoms with E-state index in [4.69, 9.17) is 18.9 Å². The zero-order valence-corrected chi connectivity index (χ0v) is 18.6. The number of nitrogens with one attached hydrogen (secondary N) is 1. The molecule has 0 saturated carbocycles. The summed E-state index contributed by atoms with van der Waals surface area (Å²) in [6, 6.07) is 10.3. The van der Waals surface area contributed by atoms with Gasteiger partial charge in [0, 0.05) is 25.6 Å². The highest BCUT2D eigenvalue weighted by molar-refractivity contribution is 5.98. The van der Waals surface area contributed by atoms with Crippen molar-refractivity contribution in [2.24, 2.45) is 0 Å². The Kier molecular flexibility index (Phi) is 9.62. The monoisotopic (exact) mass is 444 g/mol. The zero-order valence-electron chi connectivity index (χ0n) is 18.6. The van der Waals surface area contributed by atoms with Crippen LogP contribution >= 0.6 is 0 Å². The molecule has 9 heteroatoms. The Bertz CT molecular complexity index is 918. The van der Waals surface area contributed by atoms with E-state index in [1.165, 1.54) is 33.2 Å². The van der Waals surface area contributed by atoms with E-state index in [2.05, 4.69) is 10.3 Å². The number of benzene rings is 1. The van der Waals surface area contributed by atoms with E-state index in [0.29, 0.717) is 19.6 Å². The molecule has 172 valence electrons. The van der Waals surface area contributed by atoms with Gasteiger partial charge in [-0.3, -0.25) is 9.59 Å². The summed E-state index contributed by atoms with van der Waals surface area (Å²) in [5.41, 5.74) is 0.884. The summed E-state index contributed by atoms with van der Waals surface area (Å²) in [6.45, 7) is 5.33. The average molecular weight is 444 g/mol. The lowest BCUT2D eigenvalue weighted by molar-refractivity contribution is -0.151. The van der Waals surface area contributed by atoms with Crippen LogP contribution in [0.1, 0.15) is 43.2 Å². The van der Waals surface area contributed by atoms with Gasteiger partial charge in [0.15, 0.2) is 11.4 Å². The Balaban J connectivity index is 1.85. The second-order valence-corrected chi connectivity index (χ2v) is 7.05. The molecule has 0 fully saturated rings. The first-order valence-corrected chi connectivity index (χ1v) is 10.2. The van der Waals surface area contributed by atoms with Crippen molar-refractivity contribution in [2.45, 2.75) is 45.9 Å². The first-order valence-electron chi connectivity index (χ1n) is 10.2. The van der Waals surface area contributed by atoms with Gasteiger partial charge in [-0.1, -0.05) is 30.3 Å². The van der Waals surface area contributed by atoms with Crippen molar-refractivity contribution in [1.29, 1.82) is 0 Å². The van der Waals surface area contributed by atoms with Crippen LogP contribution in [0.2, 0.25) is 0 Å². The van der Waals surface area contributed by atoms with Crippen LogP contribution in [0, 0.1) is 0 Å². The van der Waals surface area contributed by atoms with Crippen molar-refractivity contribution >= 4 is 17.8 Å². The van der Waals surface area contributed by atoms with Gasteiger partial charge in [-0.15, -0.1) is 0 Å². The number of carbonyl (C=O) groups excluding carboxylic acids is 3. The van der Waals surface area contributed by atoms with Gasteiger partial charge < -0.3 is 24.3 Å². The Labute approximate surface area is 187 Å². The van der Waals surface area contributed by atoms with Crippen LogP contribution in [0.5, 0.6) is 11.5 Å². The molecule has 0 aliphatic carbocycles. The standard InChI is InChI=1S/C23H28N2O7/c1-15(11-13-30-14-18-8-6-5-7-9-18)31-23(28)16(2)25-22(27)20-21(32-17(3)26)19(29-4)10-12-24-20/h5-10,12,15-16H,11,13-14H2,1-4H3,(H,25,27)/t15-,16-/m0/s1. The molecular formula is C23H28N2O7. The van der Waals surface area contributed by atoms with Crippen LogP contribution < -0.4 is 14.8 Å². The van der Waals surface area contributed by atoms with E-state index in [1.807, 2.05) is 30.3 Å². The maximum absolute atomic E-state index is 12.6. The fraction of sp³-hybridized carbons (Fsp3) is 0.391. The van der Waals surface area contributed by atoms with Crippen molar-refractivity contribution in [3.8, 4) is 11.5 Å². The van der Waals surface area contributed by atoms with Crippen molar-refractivity contribution < 1.29 is 33.3 Å². The van der Waals surface area contributed by atoms with Crippen molar-refractivity contribution in [3.05, 3.63) is 53.9 Å². The number of carbonyl (C=O) groups is 3. The minimum absolute atomic E-state index is 0.121. The average Bonchev–Trinajstić information content (AvgIpc) is 2.77. The molecular weight excluding hydrogens is 416 g/mol. The van der Waals surface area contributed by atoms with Crippen LogP contribution in [-0.2, 0) is 25.7 Å². The molecule has 2 rings (SSSR count). The number of aromatic nitrogens is 1. The van der Waals surface area contributed by atoms with Crippen molar-refractivity contribution in [3.63, 3.8) is 0 Å². The zero-order chi connectivity index (χ0) is 23.5. The van der Waals surface area contributed by atoms with Crippen LogP contribution in [0.15, 0.2) is 42.6 Å². The first-order chi connectivity index (χ1) is 15.3. The van der Waals surface area contributed by atoms with Crippen LogP contribution in [0.25, 0.3) is 0 Å². The molecule has 1 N–H and O–H groups in total. The number of rotatable bonds is 11. The molecule has 1 heterocycles. The summed E-state index contributed by atoms with van der Waals surface area (Å²) in [4.78, 5) is 40.3. The topological polar surface area (TPSA) is 113 Å². The molecule has 0 aliphatic rings. The Morgan fingerprint density at radius 2 is 1.81 bits per heavy atom. The molecule has 1 amide bonds. The van der Waals surface area contributed by atoms with Gasteiger partial charge in [-0.2, -0.15) is 0 Å². The van der Waals surface area contributed by atoms with E-state index < -0.39 is 30.0 Å². The Morgan fingerprint density at radius 3 is 2.47 bits per heavy atom. The highest BCUT2D eigenvalue weighted by atomic mass is 16.6. The highest BCUT2D eigenvalue weighted by Crippen LogP contribution is 2.29. The minimum atomic E-state index is -0.951.